The Bertz CT molecular complexity index is 89.8. The second kappa shape index (κ2) is 3.83. The van der Waals surface area contributed by atoms with Crippen molar-refractivity contribution in [3.8, 4) is 0 Å². The van der Waals surface area contributed by atoms with Crippen molar-refractivity contribution in [3.63, 3.8) is 0 Å². The molecule has 0 unspecified atom stereocenters. The molecule has 0 aromatic heterocycles. The minimum absolute atomic E-state index is 0. The first-order valence-electron chi connectivity index (χ1n) is 1.27. The van der Waals surface area contributed by atoms with Gasteiger partial charge in [0.15, 0.2) is 5.91 Å². The topological polar surface area (TPSA) is 40.9 Å². The number of hydrogen-bond donors (Lipinski definition) is 0. The summed E-state index contributed by atoms with van der Waals surface area (Å²) in [6.45, 7) is 0. The second-order valence-electron chi connectivity index (χ2n) is 0.827. The van der Waals surface area contributed by atoms with Crippen LogP contribution in [0.3, 0.4) is 0 Å². The first-order valence-corrected chi connectivity index (χ1v) is 1.27. The number of alkyl halides is 3. The predicted octanol–water partition coefficient (Wildman–Crippen LogP) is -1.87. The maximum Gasteiger partial charge on any atom is 1.00 e. The van der Waals surface area contributed by atoms with Crippen LogP contribution in [0.2, 0.25) is 0 Å². The molecule has 0 aliphatic carbocycles. The standard InChI is InChI=1S/C2H2F3NO.K/c3-2(4,5)1(6)7;/h(H2,6,7);/q;+1/p-1. The number of carbonyl (C=O) groups is 1. The Kier molecular flexibility index (Phi) is 5.59. The van der Waals surface area contributed by atoms with Crippen LogP contribution in [0.15, 0.2) is 0 Å². The molecule has 0 bridgehead atoms. The van der Waals surface area contributed by atoms with Gasteiger partial charge in [0.1, 0.15) is 0 Å². The Morgan fingerprint density at radius 3 is 1.50 bits per heavy atom. The van der Waals surface area contributed by atoms with Crippen LogP contribution in [0.4, 0.5) is 13.2 Å². The molecule has 0 radical (unpaired) electrons. The van der Waals surface area contributed by atoms with Crippen LogP contribution in [0.1, 0.15) is 0 Å². The van der Waals surface area contributed by atoms with E-state index in [1.54, 1.807) is 0 Å². The molecule has 0 aromatic rings. The number of rotatable bonds is 0. The first kappa shape index (κ1) is 11.7. The van der Waals surface area contributed by atoms with Crippen LogP contribution >= 0.6 is 0 Å². The summed E-state index contributed by atoms with van der Waals surface area (Å²) in [5, 5.41) is 0. The molecule has 0 aliphatic heterocycles. The van der Waals surface area contributed by atoms with Gasteiger partial charge in [-0.15, -0.1) is 0 Å². The van der Waals surface area contributed by atoms with E-state index in [4.69, 9.17) is 10.5 Å². The van der Waals surface area contributed by atoms with Gasteiger partial charge in [0.25, 0.3) is 0 Å². The number of carbonyl (C=O) groups excluding carboxylic acids is 1. The van der Waals surface area contributed by atoms with E-state index in [1.807, 2.05) is 0 Å². The van der Waals surface area contributed by atoms with Gasteiger partial charge in [-0.05, 0) is 0 Å². The fourth-order valence-electron chi connectivity index (χ4n) is 0. The van der Waals surface area contributed by atoms with Crippen LogP contribution in [0.25, 0.3) is 5.73 Å². The fraction of sp³-hybridized carbons (Fsp3) is 0.500. The Labute approximate surface area is 86.0 Å². The zero-order valence-electron chi connectivity index (χ0n) is 4.04. The molecule has 2 nitrogen and oxygen atoms in total. The molecule has 0 saturated heterocycles. The Balaban J connectivity index is 0. The van der Waals surface area contributed by atoms with Gasteiger partial charge in [-0.1, -0.05) is 0 Å². The van der Waals surface area contributed by atoms with Crippen LogP contribution in [0.5, 0.6) is 0 Å². The third kappa shape index (κ3) is 5.04. The van der Waals surface area contributed by atoms with Crippen molar-refractivity contribution in [3.05, 3.63) is 5.73 Å². The summed E-state index contributed by atoms with van der Waals surface area (Å²) >= 11 is 0. The molecule has 0 rings (SSSR count). The van der Waals surface area contributed by atoms with E-state index in [0.717, 1.165) is 0 Å². The molecule has 0 saturated carbocycles. The molecule has 1 amide bonds. The molecule has 1 N–H and O–H groups in total. The van der Waals surface area contributed by atoms with Crippen molar-refractivity contribution in [2.75, 3.05) is 0 Å². The van der Waals surface area contributed by atoms with E-state index in [2.05, 4.69) is 0 Å². The largest absolute Gasteiger partial charge is 1.00 e. The molecule has 8 heavy (non-hydrogen) atoms. The van der Waals surface area contributed by atoms with Gasteiger partial charge in [-0.3, -0.25) is 0 Å². The van der Waals surface area contributed by atoms with E-state index < -0.39 is 12.1 Å². The van der Waals surface area contributed by atoms with E-state index in [-0.39, 0.29) is 51.4 Å². The van der Waals surface area contributed by atoms with Gasteiger partial charge in [0.05, 0.1) is 0 Å². The minimum atomic E-state index is -4.97. The van der Waals surface area contributed by atoms with E-state index in [1.165, 1.54) is 0 Å². The molecule has 0 atom stereocenters. The van der Waals surface area contributed by atoms with Crippen molar-refractivity contribution in [1.29, 1.82) is 0 Å². The molecule has 42 valence electrons. The summed E-state index contributed by atoms with van der Waals surface area (Å²) in [7, 11) is 0. The number of hydrogen-bond acceptors (Lipinski definition) is 1. The third-order valence-electron chi connectivity index (χ3n) is 0.257. The maximum absolute atomic E-state index is 10.6. The summed E-state index contributed by atoms with van der Waals surface area (Å²) in [6, 6.07) is 0. The zero-order chi connectivity index (χ0) is 6.08. The van der Waals surface area contributed by atoms with Crippen molar-refractivity contribution >= 4 is 5.91 Å². The number of nitrogens with one attached hydrogen (secondary N) is 1. The van der Waals surface area contributed by atoms with Gasteiger partial charge < -0.3 is 10.5 Å². The average molecular weight is 151 g/mol. The summed E-state index contributed by atoms with van der Waals surface area (Å²) in [6.07, 6.45) is -4.97. The van der Waals surface area contributed by atoms with E-state index in [0.29, 0.717) is 0 Å². The Morgan fingerprint density at radius 2 is 1.50 bits per heavy atom. The second-order valence-corrected chi connectivity index (χ2v) is 0.827. The SMILES string of the molecule is [K+].[NH-]C(=O)C(F)(F)F. The molecule has 0 aromatic carbocycles. The summed E-state index contributed by atoms with van der Waals surface area (Å²) in [5.41, 5.74) is 5.47. The molecular weight excluding hydrogens is 150 g/mol. The third-order valence-corrected chi connectivity index (χ3v) is 0.257. The van der Waals surface area contributed by atoms with Gasteiger partial charge in [0, 0.05) is 0 Å². The monoisotopic (exact) mass is 151 g/mol. The summed E-state index contributed by atoms with van der Waals surface area (Å²) in [5.74, 6) is -2.51. The fourth-order valence-corrected chi connectivity index (χ4v) is 0. The van der Waals surface area contributed by atoms with Crippen LogP contribution in [0, 0.1) is 0 Å². The van der Waals surface area contributed by atoms with Gasteiger partial charge >= 0.3 is 57.6 Å². The minimum Gasteiger partial charge on any atom is -0.660 e. The van der Waals surface area contributed by atoms with Crippen molar-refractivity contribution in [1.82, 2.24) is 0 Å². The number of halogens is 3. The Morgan fingerprint density at radius 1 is 1.38 bits per heavy atom. The van der Waals surface area contributed by atoms with Crippen molar-refractivity contribution in [2.24, 2.45) is 0 Å². The smallest absolute Gasteiger partial charge is 0.660 e. The van der Waals surface area contributed by atoms with Gasteiger partial charge in [-0.25, -0.2) is 0 Å². The number of amides is 1. The van der Waals surface area contributed by atoms with Crippen LogP contribution in [-0.2, 0) is 4.79 Å². The van der Waals surface area contributed by atoms with Gasteiger partial charge in [-0.2, -0.15) is 13.2 Å². The van der Waals surface area contributed by atoms with Crippen molar-refractivity contribution < 1.29 is 69.4 Å². The average Bonchev–Trinajstić information content (AvgIpc) is 1.31. The maximum atomic E-state index is 10.6. The first-order chi connectivity index (χ1) is 2.94. The van der Waals surface area contributed by atoms with E-state index in [9.17, 15) is 13.2 Å². The van der Waals surface area contributed by atoms with Crippen LogP contribution in [-0.4, -0.2) is 12.1 Å². The predicted molar refractivity (Wildman–Crippen MR) is 15.4 cm³/mol. The Hall–Kier alpha value is 0.896. The van der Waals surface area contributed by atoms with Crippen LogP contribution < -0.4 is 51.4 Å². The molecule has 0 spiro atoms. The van der Waals surface area contributed by atoms with Gasteiger partial charge in [0.2, 0.25) is 0 Å². The molecule has 0 heterocycles. The van der Waals surface area contributed by atoms with Crippen molar-refractivity contribution in [2.45, 2.75) is 6.18 Å². The molecular formula is C2HF3KNO. The zero-order valence-corrected chi connectivity index (χ0v) is 7.17. The molecule has 6 heteroatoms. The summed E-state index contributed by atoms with van der Waals surface area (Å²) in [4.78, 5) is 9.01. The molecule has 0 fully saturated rings. The quantitative estimate of drug-likeness (QED) is 0.374. The summed E-state index contributed by atoms with van der Waals surface area (Å²) < 4.78 is 31.9. The normalized spacial score (nSPS) is 9.88. The van der Waals surface area contributed by atoms with E-state index >= 15 is 0 Å². The molecule has 0 aliphatic rings.